The monoisotopic (exact) mass is 423 g/mol. The Morgan fingerprint density at radius 3 is 2.80 bits per heavy atom. The van der Waals surface area contributed by atoms with E-state index in [-0.39, 0.29) is 18.1 Å². The van der Waals surface area contributed by atoms with Crippen LogP contribution in [0.4, 0.5) is 10.1 Å². The molecule has 7 heteroatoms. The molecule has 3 rings (SSSR count). The molecular weight excluding hydrogens is 413 g/mol. The van der Waals surface area contributed by atoms with Crippen molar-refractivity contribution < 1.29 is 18.3 Å². The Morgan fingerprint density at radius 1 is 1.20 bits per heavy atom. The molecule has 1 amide bonds. The van der Waals surface area contributed by atoms with Crippen LogP contribution in [0.2, 0.25) is 5.02 Å². The van der Waals surface area contributed by atoms with Gasteiger partial charge < -0.3 is 14.5 Å². The van der Waals surface area contributed by atoms with E-state index in [2.05, 4.69) is 21.2 Å². The topological polar surface area (TPSA) is 51.5 Å². The zero-order valence-corrected chi connectivity index (χ0v) is 15.1. The number of benzene rings is 2. The summed E-state index contributed by atoms with van der Waals surface area (Å²) >= 11 is 9.04. The second-order valence-electron chi connectivity index (χ2n) is 5.09. The Hall–Kier alpha value is -2.31. The highest BCUT2D eigenvalue weighted by atomic mass is 79.9. The van der Waals surface area contributed by atoms with Crippen molar-refractivity contribution in [3.63, 3.8) is 0 Å². The summed E-state index contributed by atoms with van der Waals surface area (Å²) in [4.78, 5) is 12.1. The van der Waals surface area contributed by atoms with Gasteiger partial charge >= 0.3 is 0 Å². The summed E-state index contributed by atoms with van der Waals surface area (Å²) in [5, 5.41) is 3.02. The van der Waals surface area contributed by atoms with Gasteiger partial charge in [-0.15, -0.1) is 0 Å². The molecule has 0 radical (unpaired) electrons. The molecule has 4 nitrogen and oxygen atoms in total. The van der Waals surface area contributed by atoms with Crippen LogP contribution in [0.3, 0.4) is 0 Å². The molecule has 2 aromatic carbocycles. The Labute approximate surface area is 156 Å². The molecule has 0 aliphatic heterocycles. The first-order valence-electron chi connectivity index (χ1n) is 7.25. The van der Waals surface area contributed by atoms with Gasteiger partial charge in [-0.05, 0) is 48.5 Å². The molecule has 0 aliphatic carbocycles. The Morgan fingerprint density at radius 2 is 2.04 bits per heavy atom. The van der Waals surface area contributed by atoms with Gasteiger partial charge in [-0.2, -0.15) is 0 Å². The number of rotatable bonds is 5. The summed E-state index contributed by atoms with van der Waals surface area (Å²) in [5.41, 5.74) is 0.0707. The quantitative estimate of drug-likeness (QED) is 0.574. The fraction of sp³-hybridized carbons (Fsp3) is 0.0556. The van der Waals surface area contributed by atoms with Crippen molar-refractivity contribution in [2.45, 2.75) is 6.61 Å². The van der Waals surface area contributed by atoms with Crippen molar-refractivity contribution >= 4 is 39.1 Å². The van der Waals surface area contributed by atoms with Crippen LogP contribution in [0.5, 0.6) is 5.75 Å². The highest BCUT2D eigenvalue weighted by Gasteiger charge is 2.14. The minimum Gasteiger partial charge on any atom is -0.486 e. The largest absolute Gasteiger partial charge is 0.486 e. The molecule has 0 atom stereocenters. The lowest BCUT2D eigenvalue weighted by atomic mass is 10.3. The van der Waals surface area contributed by atoms with Gasteiger partial charge in [-0.3, -0.25) is 4.79 Å². The third-order valence-corrected chi connectivity index (χ3v) is 3.97. The normalized spacial score (nSPS) is 10.5. The lowest BCUT2D eigenvalue weighted by molar-refractivity contribution is 0.0992. The van der Waals surface area contributed by atoms with Crippen molar-refractivity contribution in [2.75, 3.05) is 5.32 Å². The molecule has 0 bridgehead atoms. The average Bonchev–Trinajstić information content (AvgIpc) is 3.05. The zero-order chi connectivity index (χ0) is 17.8. The standard InChI is InChI=1S/C18H12BrClFNO3/c19-11-4-6-16(15(21)8-11)22-18(23)17-7-5-14(25-17)10-24-13-3-1-2-12(20)9-13/h1-9H,10H2,(H,22,23). The van der Waals surface area contributed by atoms with Crippen LogP contribution in [-0.4, -0.2) is 5.91 Å². The van der Waals surface area contributed by atoms with Crippen LogP contribution in [0.1, 0.15) is 16.3 Å². The minimum absolute atomic E-state index is 0.0620. The summed E-state index contributed by atoms with van der Waals surface area (Å²) in [5.74, 6) is 0.0225. The third kappa shape index (κ3) is 4.61. The number of hydrogen-bond acceptors (Lipinski definition) is 3. The van der Waals surface area contributed by atoms with Gasteiger partial charge in [0, 0.05) is 9.50 Å². The number of anilines is 1. The predicted octanol–water partition coefficient (Wildman–Crippen LogP) is 5.67. The van der Waals surface area contributed by atoms with Gasteiger partial charge in [0.05, 0.1) is 5.69 Å². The number of carbonyl (C=O) groups excluding carboxylic acids is 1. The molecule has 0 aliphatic rings. The molecule has 1 heterocycles. The van der Waals surface area contributed by atoms with E-state index in [0.717, 1.165) is 0 Å². The van der Waals surface area contributed by atoms with E-state index >= 15 is 0 Å². The molecule has 25 heavy (non-hydrogen) atoms. The Bertz CT molecular complexity index is 913. The summed E-state index contributed by atoms with van der Waals surface area (Å²) < 4.78 is 25.3. The molecule has 128 valence electrons. The van der Waals surface area contributed by atoms with Gasteiger partial charge in [0.1, 0.15) is 23.9 Å². The first-order valence-corrected chi connectivity index (χ1v) is 8.42. The number of furan rings is 1. The number of amides is 1. The summed E-state index contributed by atoms with van der Waals surface area (Å²) in [6.45, 7) is 0.139. The molecule has 3 aromatic rings. The molecule has 1 aromatic heterocycles. The second kappa shape index (κ2) is 7.72. The van der Waals surface area contributed by atoms with Gasteiger partial charge in [0.15, 0.2) is 5.76 Å². The number of halogens is 3. The average molecular weight is 425 g/mol. The number of ether oxygens (including phenoxy) is 1. The van der Waals surface area contributed by atoms with Crippen molar-refractivity contribution in [1.82, 2.24) is 0 Å². The second-order valence-corrected chi connectivity index (χ2v) is 6.44. The van der Waals surface area contributed by atoms with Crippen molar-refractivity contribution in [2.24, 2.45) is 0 Å². The summed E-state index contributed by atoms with van der Waals surface area (Å²) in [7, 11) is 0. The Balaban J connectivity index is 1.63. The van der Waals surface area contributed by atoms with E-state index in [9.17, 15) is 9.18 Å². The number of hydrogen-bond donors (Lipinski definition) is 1. The fourth-order valence-corrected chi connectivity index (χ4v) is 2.58. The number of nitrogens with one attached hydrogen (secondary N) is 1. The van der Waals surface area contributed by atoms with Crippen LogP contribution >= 0.6 is 27.5 Å². The van der Waals surface area contributed by atoms with Crippen LogP contribution in [0, 0.1) is 5.82 Å². The van der Waals surface area contributed by atoms with Gasteiger partial charge in [0.25, 0.3) is 5.91 Å². The van der Waals surface area contributed by atoms with Crippen LogP contribution in [0.25, 0.3) is 0 Å². The minimum atomic E-state index is -0.546. The van der Waals surface area contributed by atoms with E-state index in [1.54, 1.807) is 36.4 Å². The van der Waals surface area contributed by atoms with Crippen molar-refractivity contribution in [3.8, 4) is 5.75 Å². The smallest absolute Gasteiger partial charge is 0.291 e. The highest BCUT2D eigenvalue weighted by Crippen LogP contribution is 2.21. The molecule has 0 saturated carbocycles. The molecule has 0 spiro atoms. The molecule has 1 N–H and O–H groups in total. The highest BCUT2D eigenvalue weighted by molar-refractivity contribution is 9.10. The van der Waals surface area contributed by atoms with Gasteiger partial charge in [-0.1, -0.05) is 33.6 Å². The van der Waals surface area contributed by atoms with Gasteiger partial charge in [0.2, 0.25) is 0 Å². The number of carbonyl (C=O) groups is 1. The van der Waals surface area contributed by atoms with Crippen molar-refractivity contribution in [1.29, 1.82) is 0 Å². The maximum atomic E-state index is 13.8. The fourth-order valence-electron chi connectivity index (χ4n) is 2.06. The Kier molecular flexibility index (Phi) is 5.40. The first-order chi connectivity index (χ1) is 12.0. The van der Waals surface area contributed by atoms with E-state index in [4.69, 9.17) is 20.8 Å². The van der Waals surface area contributed by atoms with E-state index in [0.29, 0.717) is 21.0 Å². The van der Waals surface area contributed by atoms with E-state index < -0.39 is 11.7 Å². The molecule has 0 fully saturated rings. The lowest BCUT2D eigenvalue weighted by Gasteiger charge is -2.05. The molecular formula is C18H12BrClFNO3. The third-order valence-electron chi connectivity index (χ3n) is 3.24. The summed E-state index contributed by atoms with van der Waals surface area (Å²) in [6.07, 6.45) is 0. The maximum absolute atomic E-state index is 13.8. The molecule has 0 unspecified atom stereocenters. The predicted molar refractivity (Wildman–Crippen MR) is 96.5 cm³/mol. The van der Waals surface area contributed by atoms with E-state index in [1.165, 1.54) is 18.2 Å². The first kappa shape index (κ1) is 17.5. The van der Waals surface area contributed by atoms with Crippen LogP contribution in [-0.2, 0) is 6.61 Å². The van der Waals surface area contributed by atoms with Crippen LogP contribution in [0.15, 0.2) is 63.5 Å². The maximum Gasteiger partial charge on any atom is 0.291 e. The lowest BCUT2D eigenvalue weighted by Crippen LogP contribution is -2.12. The van der Waals surface area contributed by atoms with Crippen LogP contribution < -0.4 is 10.1 Å². The molecule has 0 saturated heterocycles. The summed E-state index contributed by atoms with van der Waals surface area (Å²) in [6, 6.07) is 14.4. The zero-order valence-electron chi connectivity index (χ0n) is 12.8. The van der Waals surface area contributed by atoms with Gasteiger partial charge in [-0.25, -0.2) is 4.39 Å². The van der Waals surface area contributed by atoms with Crippen molar-refractivity contribution in [3.05, 3.63) is 81.4 Å². The SMILES string of the molecule is O=C(Nc1ccc(Br)cc1F)c1ccc(COc2cccc(Cl)c2)o1. The van der Waals surface area contributed by atoms with E-state index in [1.807, 2.05) is 0 Å².